The predicted molar refractivity (Wildman–Crippen MR) is 86.4 cm³/mol. The molecule has 1 aromatic heterocycles. The van der Waals surface area contributed by atoms with Crippen LogP contribution in [-0.4, -0.2) is 49.3 Å². The van der Waals surface area contributed by atoms with Crippen LogP contribution in [0.1, 0.15) is 11.6 Å². The highest BCUT2D eigenvalue weighted by molar-refractivity contribution is 9.10. The average molecular weight is 395 g/mol. The van der Waals surface area contributed by atoms with E-state index >= 15 is 0 Å². The summed E-state index contributed by atoms with van der Waals surface area (Å²) in [5, 5.41) is 17.4. The maximum atomic E-state index is 12.4. The lowest BCUT2D eigenvalue weighted by molar-refractivity contribution is -0.153. The van der Waals surface area contributed by atoms with Gasteiger partial charge in [-0.05, 0) is 31.2 Å². The number of aromatic nitrogens is 3. The molecule has 1 unspecified atom stereocenters. The SMILES string of the molecule is Cc1nnc2n1CC(C(=O)O)N(C(=O)COc1ccc(Br)cc1)C2. The quantitative estimate of drug-likeness (QED) is 0.836. The highest BCUT2D eigenvalue weighted by Crippen LogP contribution is 2.20. The van der Waals surface area contributed by atoms with Crippen molar-refractivity contribution >= 4 is 27.8 Å². The lowest BCUT2D eigenvalue weighted by atomic mass is 10.2. The molecule has 0 saturated heterocycles. The summed E-state index contributed by atoms with van der Waals surface area (Å²) in [6, 6.07) is 6.08. The number of hydrogen-bond acceptors (Lipinski definition) is 5. The minimum absolute atomic E-state index is 0.0976. The number of ether oxygens (including phenoxy) is 1. The fourth-order valence-electron chi connectivity index (χ4n) is 2.55. The number of carbonyl (C=O) groups is 2. The van der Waals surface area contributed by atoms with Crippen LogP contribution < -0.4 is 4.74 Å². The third-order valence-corrected chi connectivity index (χ3v) is 4.37. The Labute approximate surface area is 146 Å². The second-order valence-corrected chi connectivity index (χ2v) is 6.31. The van der Waals surface area contributed by atoms with E-state index in [1.807, 2.05) is 0 Å². The zero-order valence-corrected chi connectivity index (χ0v) is 14.4. The smallest absolute Gasteiger partial charge is 0.328 e. The number of carbonyl (C=O) groups excluding carboxylic acids is 1. The largest absolute Gasteiger partial charge is 0.484 e. The lowest BCUT2D eigenvalue weighted by Crippen LogP contribution is -2.52. The van der Waals surface area contributed by atoms with Crippen molar-refractivity contribution in [3.05, 3.63) is 40.4 Å². The molecule has 0 bridgehead atoms. The molecule has 1 N–H and O–H groups in total. The molecule has 1 aliphatic heterocycles. The molecule has 0 saturated carbocycles. The minimum atomic E-state index is -1.06. The van der Waals surface area contributed by atoms with E-state index in [2.05, 4.69) is 26.1 Å². The number of rotatable bonds is 4. The molecule has 0 fully saturated rings. The van der Waals surface area contributed by atoms with Crippen LogP contribution in [0.15, 0.2) is 28.7 Å². The number of benzene rings is 1. The van der Waals surface area contributed by atoms with Gasteiger partial charge in [0.2, 0.25) is 0 Å². The Morgan fingerprint density at radius 2 is 2.04 bits per heavy atom. The van der Waals surface area contributed by atoms with Gasteiger partial charge in [0.05, 0.1) is 13.1 Å². The topological polar surface area (TPSA) is 97.5 Å². The highest BCUT2D eigenvalue weighted by Gasteiger charge is 2.36. The van der Waals surface area contributed by atoms with Gasteiger partial charge >= 0.3 is 5.97 Å². The zero-order chi connectivity index (χ0) is 17.3. The van der Waals surface area contributed by atoms with E-state index in [-0.39, 0.29) is 19.7 Å². The molecule has 0 aliphatic carbocycles. The number of nitrogens with zero attached hydrogens (tertiary/aromatic N) is 4. The molecule has 1 aliphatic rings. The minimum Gasteiger partial charge on any atom is -0.484 e. The number of amides is 1. The molecule has 0 spiro atoms. The molecule has 1 atom stereocenters. The number of carboxylic acid groups (broad SMARTS) is 1. The third-order valence-electron chi connectivity index (χ3n) is 3.84. The lowest BCUT2D eigenvalue weighted by Gasteiger charge is -2.33. The van der Waals surface area contributed by atoms with Gasteiger partial charge in [0, 0.05) is 4.47 Å². The third kappa shape index (κ3) is 3.25. The van der Waals surface area contributed by atoms with Gasteiger partial charge in [-0.25, -0.2) is 4.79 Å². The summed E-state index contributed by atoms with van der Waals surface area (Å²) in [4.78, 5) is 25.2. The van der Waals surface area contributed by atoms with E-state index < -0.39 is 17.9 Å². The second-order valence-electron chi connectivity index (χ2n) is 5.39. The Hall–Kier alpha value is -2.42. The fraction of sp³-hybridized carbons (Fsp3) is 0.333. The molecule has 24 heavy (non-hydrogen) atoms. The normalized spacial score (nSPS) is 16.6. The molecular weight excluding hydrogens is 380 g/mol. The highest BCUT2D eigenvalue weighted by atomic mass is 79.9. The Balaban J connectivity index is 1.72. The summed E-state index contributed by atoms with van der Waals surface area (Å²) >= 11 is 3.32. The van der Waals surface area contributed by atoms with Gasteiger partial charge in [-0.2, -0.15) is 0 Å². The molecule has 3 rings (SSSR count). The van der Waals surface area contributed by atoms with Crippen LogP contribution in [0.4, 0.5) is 0 Å². The summed E-state index contributed by atoms with van der Waals surface area (Å²) < 4.78 is 8.07. The summed E-state index contributed by atoms with van der Waals surface area (Å²) in [6.07, 6.45) is 0. The van der Waals surface area contributed by atoms with Gasteiger partial charge in [0.15, 0.2) is 12.4 Å². The Morgan fingerprint density at radius 3 is 2.71 bits per heavy atom. The van der Waals surface area contributed by atoms with Crippen molar-refractivity contribution in [1.82, 2.24) is 19.7 Å². The van der Waals surface area contributed by atoms with Crippen LogP contribution in [0.2, 0.25) is 0 Å². The number of halogens is 1. The predicted octanol–water partition coefficient (Wildman–Crippen LogP) is 1.22. The van der Waals surface area contributed by atoms with Gasteiger partial charge in [0.25, 0.3) is 5.91 Å². The van der Waals surface area contributed by atoms with Gasteiger partial charge in [-0.3, -0.25) is 4.79 Å². The van der Waals surface area contributed by atoms with Crippen molar-refractivity contribution in [3.8, 4) is 5.75 Å². The van der Waals surface area contributed by atoms with E-state index in [4.69, 9.17) is 4.74 Å². The molecule has 2 heterocycles. The first-order chi connectivity index (χ1) is 11.5. The van der Waals surface area contributed by atoms with Crippen molar-refractivity contribution in [2.75, 3.05) is 6.61 Å². The van der Waals surface area contributed by atoms with E-state index in [0.717, 1.165) is 4.47 Å². The standard InChI is InChI=1S/C15H15BrN4O4/c1-9-17-18-13-7-20(12(15(22)23)6-19(9)13)14(21)8-24-11-4-2-10(16)3-5-11/h2-5,12H,6-8H2,1H3,(H,22,23). The maximum Gasteiger partial charge on any atom is 0.328 e. The Kier molecular flexibility index (Phi) is 4.52. The van der Waals surface area contributed by atoms with Crippen molar-refractivity contribution in [2.45, 2.75) is 26.1 Å². The summed E-state index contributed by atoms with van der Waals surface area (Å²) in [5.74, 6) is 0.272. The average Bonchev–Trinajstić information content (AvgIpc) is 2.93. The van der Waals surface area contributed by atoms with Crippen LogP contribution in [0.25, 0.3) is 0 Å². The van der Waals surface area contributed by atoms with Crippen LogP contribution in [-0.2, 0) is 22.7 Å². The molecule has 1 aromatic carbocycles. The molecule has 2 aromatic rings. The van der Waals surface area contributed by atoms with Crippen molar-refractivity contribution in [3.63, 3.8) is 0 Å². The first-order valence-electron chi connectivity index (χ1n) is 7.25. The van der Waals surface area contributed by atoms with Gasteiger partial charge < -0.3 is 19.3 Å². The molecule has 8 nitrogen and oxygen atoms in total. The van der Waals surface area contributed by atoms with E-state index in [1.165, 1.54) is 4.90 Å². The van der Waals surface area contributed by atoms with Gasteiger partial charge in [-0.1, -0.05) is 15.9 Å². The van der Waals surface area contributed by atoms with Gasteiger partial charge in [-0.15, -0.1) is 10.2 Å². The first kappa shape index (κ1) is 16.4. The first-order valence-corrected chi connectivity index (χ1v) is 8.04. The van der Waals surface area contributed by atoms with E-state index in [9.17, 15) is 14.7 Å². The maximum absolute atomic E-state index is 12.4. The van der Waals surface area contributed by atoms with Crippen LogP contribution in [0.5, 0.6) is 5.75 Å². The van der Waals surface area contributed by atoms with E-state index in [0.29, 0.717) is 17.4 Å². The fourth-order valence-corrected chi connectivity index (χ4v) is 2.81. The Bertz CT molecular complexity index is 774. The summed E-state index contributed by atoms with van der Waals surface area (Å²) in [7, 11) is 0. The number of aryl methyl sites for hydroxylation is 1. The van der Waals surface area contributed by atoms with Crippen LogP contribution in [0, 0.1) is 6.92 Å². The monoisotopic (exact) mass is 394 g/mol. The van der Waals surface area contributed by atoms with Crippen LogP contribution in [0.3, 0.4) is 0 Å². The number of hydrogen-bond donors (Lipinski definition) is 1. The summed E-state index contributed by atoms with van der Waals surface area (Å²) in [5.41, 5.74) is 0. The Morgan fingerprint density at radius 1 is 1.33 bits per heavy atom. The molecule has 126 valence electrons. The molecule has 9 heteroatoms. The second kappa shape index (κ2) is 6.60. The number of aliphatic carboxylic acids is 1. The molecule has 1 amide bonds. The zero-order valence-electron chi connectivity index (χ0n) is 12.8. The van der Waals surface area contributed by atoms with Crippen LogP contribution >= 0.6 is 15.9 Å². The van der Waals surface area contributed by atoms with Crippen molar-refractivity contribution in [2.24, 2.45) is 0 Å². The van der Waals surface area contributed by atoms with Crippen molar-refractivity contribution in [1.29, 1.82) is 0 Å². The van der Waals surface area contributed by atoms with E-state index in [1.54, 1.807) is 35.8 Å². The number of fused-ring (bicyclic) bond motifs is 1. The molecular formula is C15H15BrN4O4. The molecule has 0 radical (unpaired) electrons. The van der Waals surface area contributed by atoms with Crippen molar-refractivity contribution < 1.29 is 19.4 Å². The van der Waals surface area contributed by atoms with Gasteiger partial charge in [0.1, 0.15) is 17.6 Å². The number of carboxylic acids is 1. The summed E-state index contributed by atoms with van der Waals surface area (Å²) in [6.45, 7) is 1.75.